The molecule has 0 aliphatic carbocycles. The van der Waals surface area contributed by atoms with Crippen LogP contribution in [-0.2, 0) is 17.8 Å². The number of fused-ring (bicyclic) bond motifs is 1. The number of furan rings is 1. The molecular weight excluding hydrogens is 300 g/mol. The summed E-state index contributed by atoms with van der Waals surface area (Å²) in [5.41, 5.74) is 2.39. The van der Waals surface area contributed by atoms with Gasteiger partial charge in [0.05, 0.1) is 18.8 Å². The van der Waals surface area contributed by atoms with Crippen molar-refractivity contribution in [1.29, 1.82) is 0 Å². The first-order valence-corrected chi connectivity index (χ1v) is 7.22. The molecule has 1 aliphatic rings. The lowest BCUT2D eigenvalue weighted by atomic mass is 9.99. The third kappa shape index (κ3) is 3.24. The number of nitrogens with zero attached hydrogens (tertiary/aromatic N) is 2. The fourth-order valence-corrected chi connectivity index (χ4v) is 2.64. The van der Waals surface area contributed by atoms with Crippen LogP contribution in [0.25, 0.3) is 0 Å². The number of rotatable bonds is 4. The molecule has 2 aromatic rings. The van der Waals surface area contributed by atoms with Gasteiger partial charge in [-0.25, -0.2) is 0 Å². The molecule has 23 heavy (non-hydrogen) atoms. The summed E-state index contributed by atoms with van der Waals surface area (Å²) < 4.78 is 10.7. The van der Waals surface area contributed by atoms with E-state index in [0.717, 1.165) is 6.42 Å². The number of likely N-dealkylation sites (N-methyl/N-ethyl adjacent to an activating group) is 1. The first-order valence-electron chi connectivity index (χ1n) is 7.22. The van der Waals surface area contributed by atoms with Crippen molar-refractivity contribution in [3.63, 3.8) is 0 Å². The lowest BCUT2D eigenvalue weighted by Crippen LogP contribution is -2.38. The monoisotopic (exact) mass is 316 g/mol. The van der Waals surface area contributed by atoms with Crippen LogP contribution in [0.4, 0.5) is 5.88 Å². The SMILES string of the molecule is CN(CC1Cc2ccccc2CO1)C(=O)c1ccc([N+](=O)[O-])o1. The van der Waals surface area contributed by atoms with Crippen LogP contribution in [-0.4, -0.2) is 35.4 Å². The summed E-state index contributed by atoms with van der Waals surface area (Å²) in [4.78, 5) is 23.7. The number of ether oxygens (including phenoxy) is 1. The minimum Gasteiger partial charge on any atom is -0.395 e. The Morgan fingerprint density at radius 3 is 2.74 bits per heavy atom. The molecule has 0 saturated carbocycles. The molecule has 0 radical (unpaired) electrons. The largest absolute Gasteiger partial charge is 0.433 e. The number of benzene rings is 1. The van der Waals surface area contributed by atoms with Gasteiger partial charge in [-0.05, 0) is 17.2 Å². The Morgan fingerprint density at radius 2 is 2.04 bits per heavy atom. The second-order valence-corrected chi connectivity index (χ2v) is 5.49. The molecule has 0 saturated heterocycles. The predicted molar refractivity (Wildman–Crippen MR) is 81.0 cm³/mol. The molecule has 1 unspecified atom stereocenters. The van der Waals surface area contributed by atoms with Crippen molar-refractivity contribution in [3.8, 4) is 0 Å². The highest BCUT2D eigenvalue weighted by Gasteiger charge is 2.25. The van der Waals surface area contributed by atoms with E-state index < -0.39 is 16.7 Å². The topological polar surface area (TPSA) is 85.8 Å². The third-order valence-electron chi connectivity index (χ3n) is 3.85. The third-order valence-corrected chi connectivity index (χ3v) is 3.85. The highest BCUT2D eigenvalue weighted by Crippen LogP contribution is 2.22. The number of hydrogen-bond donors (Lipinski definition) is 0. The molecule has 1 aliphatic heterocycles. The van der Waals surface area contributed by atoms with Crippen molar-refractivity contribution in [3.05, 3.63) is 63.4 Å². The van der Waals surface area contributed by atoms with Crippen LogP contribution in [0, 0.1) is 10.1 Å². The fourth-order valence-electron chi connectivity index (χ4n) is 2.64. The van der Waals surface area contributed by atoms with Crippen molar-refractivity contribution in [2.45, 2.75) is 19.1 Å². The van der Waals surface area contributed by atoms with E-state index in [1.54, 1.807) is 7.05 Å². The van der Waals surface area contributed by atoms with Gasteiger partial charge in [-0.2, -0.15) is 0 Å². The normalized spacial score (nSPS) is 16.7. The number of amides is 1. The van der Waals surface area contributed by atoms with Gasteiger partial charge in [-0.1, -0.05) is 24.3 Å². The zero-order valence-corrected chi connectivity index (χ0v) is 12.6. The van der Waals surface area contributed by atoms with Gasteiger partial charge in [0.2, 0.25) is 0 Å². The second-order valence-electron chi connectivity index (χ2n) is 5.49. The molecule has 0 bridgehead atoms. The number of carbonyl (C=O) groups excluding carboxylic acids is 1. The van der Waals surface area contributed by atoms with Crippen LogP contribution in [0.5, 0.6) is 0 Å². The van der Waals surface area contributed by atoms with E-state index in [-0.39, 0.29) is 11.9 Å². The summed E-state index contributed by atoms with van der Waals surface area (Å²) in [6.45, 7) is 0.913. The number of nitro groups is 1. The van der Waals surface area contributed by atoms with Crippen LogP contribution in [0.3, 0.4) is 0 Å². The van der Waals surface area contributed by atoms with Gasteiger partial charge < -0.3 is 14.1 Å². The van der Waals surface area contributed by atoms with Crippen LogP contribution in [0.2, 0.25) is 0 Å². The summed E-state index contributed by atoms with van der Waals surface area (Å²) in [5.74, 6) is -0.888. The van der Waals surface area contributed by atoms with Gasteiger partial charge >= 0.3 is 5.88 Å². The summed E-state index contributed by atoms with van der Waals surface area (Å²) >= 11 is 0. The lowest BCUT2D eigenvalue weighted by molar-refractivity contribution is -0.402. The van der Waals surface area contributed by atoms with Gasteiger partial charge in [0.15, 0.2) is 5.76 Å². The molecule has 7 heteroatoms. The van der Waals surface area contributed by atoms with Gasteiger partial charge in [0.1, 0.15) is 4.92 Å². The summed E-state index contributed by atoms with van der Waals surface area (Å²) in [7, 11) is 1.63. The second kappa shape index (κ2) is 6.21. The van der Waals surface area contributed by atoms with E-state index >= 15 is 0 Å². The molecular formula is C16H16N2O5. The Morgan fingerprint density at radius 1 is 1.30 bits per heavy atom. The molecule has 2 heterocycles. The average Bonchev–Trinajstić information content (AvgIpc) is 3.04. The molecule has 3 rings (SSSR count). The van der Waals surface area contributed by atoms with Crippen LogP contribution < -0.4 is 0 Å². The summed E-state index contributed by atoms with van der Waals surface area (Å²) in [6.07, 6.45) is 0.621. The number of hydrogen-bond acceptors (Lipinski definition) is 5. The summed E-state index contributed by atoms with van der Waals surface area (Å²) in [6, 6.07) is 10.5. The maximum Gasteiger partial charge on any atom is 0.433 e. The fraction of sp³-hybridized carbons (Fsp3) is 0.312. The average molecular weight is 316 g/mol. The Hall–Kier alpha value is -2.67. The van der Waals surface area contributed by atoms with Crippen molar-refractivity contribution in [2.24, 2.45) is 0 Å². The minimum absolute atomic E-state index is 0.0459. The predicted octanol–water partition coefficient (Wildman–Crippen LogP) is 2.40. The standard InChI is InChI=1S/C16H16N2O5/c1-17(16(19)14-6-7-15(23-14)18(20)21)9-13-8-11-4-2-3-5-12(11)10-22-13/h2-7,13H,8-10H2,1H3. The first kappa shape index (κ1) is 15.2. The number of carbonyl (C=O) groups is 1. The van der Waals surface area contributed by atoms with E-state index in [1.807, 2.05) is 18.2 Å². The Kier molecular flexibility index (Phi) is 4.12. The molecule has 0 fully saturated rings. The zero-order valence-electron chi connectivity index (χ0n) is 12.6. The first-order chi connectivity index (χ1) is 11.0. The van der Waals surface area contributed by atoms with Crippen molar-refractivity contribution < 1.29 is 18.9 Å². The Bertz CT molecular complexity index is 740. The Labute approximate surface area is 132 Å². The minimum atomic E-state index is -0.669. The highest BCUT2D eigenvalue weighted by atomic mass is 16.6. The van der Waals surface area contributed by atoms with Crippen LogP contribution in [0.1, 0.15) is 21.7 Å². The van der Waals surface area contributed by atoms with Crippen molar-refractivity contribution in [1.82, 2.24) is 4.90 Å². The van der Waals surface area contributed by atoms with Gasteiger partial charge in [0.25, 0.3) is 5.91 Å². The van der Waals surface area contributed by atoms with Crippen molar-refractivity contribution in [2.75, 3.05) is 13.6 Å². The molecule has 1 amide bonds. The van der Waals surface area contributed by atoms with Gasteiger partial charge in [-0.15, -0.1) is 0 Å². The molecule has 1 aromatic carbocycles. The van der Waals surface area contributed by atoms with Crippen molar-refractivity contribution >= 4 is 11.8 Å². The van der Waals surface area contributed by atoms with Gasteiger partial charge in [0, 0.05) is 20.0 Å². The highest BCUT2D eigenvalue weighted by molar-refractivity contribution is 5.91. The molecule has 1 atom stereocenters. The maximum atomic E-state index is 12.3. The maximum absolute atomic E-state index is 12.3. The quantitative estimate of drug-likeness (QED) is 0.638. The molecule has 0 N–H and O–H groups in total. The van der Waals surface area contributed by atoms with E-state index in [0.29, 0.717) is 13.2 Å². The van der Waals surface area contributed by atoms with Crippen LogP contribution in [0.15, 0.2) is 40.8 Å². The van der Waals surface area contributed by atoms with E-state index in [2.05, 4.69) is 6.07 Å². The van der Waals surface area contributed by atoms with Crippen LogP contribution >= 0.6 is 0 Å². The van der Waals surface area contributed by atoms with E-state index in [9.17, 15) is 14.9 Å². The van der Waals surface area contributed by atoms with Gasteiger partial charge in [-0.3, -0.25) is 14.9 Å². The molecule has 0 spiro atoms. The lowest BCUT2D eigenvalue weighted by Gasteiger charge is -2.28. The molecule has 1 aromatic heterocycles. The van der Waals surface area contributed by atoms with E-state index in [1.165, 1.54) is 28.2 Å². The molecule has 120 valence electrons. The Balaban J connectivity index is 1.64. The smallest absolute Gasteiger partial charge is 0.395 e. The zero-order chi connectivity index (χ0) is 16.4. The molecule has 7 nitrogen and oxygen atoms in total. The van der Waals surface area contributed by atoms with E-state index in [4.69, 9.17) is 9.15 Å². The summed E-state index contributed by atoms with van der Waals surface area (Å²) in [5, 5.41) is 10.6.